The molecule has 4 heteroatoms. The number of rotatable bonds is 3. The molecule has 0 heterocycles. The van der Waals surface area contributed by atoms with E-state index in [9.17, 15) is 0 Å². The summed E-state index contributed by atoms with van der Waals surface area (Å²) in [5.74, 6) is 6.10. The molecule has 0 radical (unpaired) electrons. The summed E-state index contributed by atoms with van der Waals surface area (Å²) >= 11 is 0. The number of nitrogens with one attached hydrogen (secondary N) is 1. The van der Waals surface area contributed by atoms with Gasteiger partial charge in [-0.05, 0) is 12.5 Å². The Labute approximate surface area is 90.8 Å². The third-order valence-electron chi connectivity index (χ3n) is 2.24. The molecule has 15 heavy (non-hydrogen) atoms. The van der Waals surface area contributed by atoms with Gasteiger partial charge in [0.2, 0.25) is 5.96 Å². The van der Waals surface area contributed by atoms with Crippen LogP contribution in [0.15, 0.2) is 35.3 Å². The lowest BCUT2D eigenvalue weighted by atomic mass is 10.2. The smallest absolute Gasteiger partial charge is 0.208 e. The largest absolute Gasteiger partial charge is 0.338 e. The summed E-state index contributed by atoms with van der Waals surface area (Å²) in [6.07, 6.45) is 0. The van der Waals surface area contributed by atoms with E-state index in [0.29, 0.717) is 5.96 Å². The van der Waals surface area contributed by atoms with Gasteiger partial charge in [0.25, 0.3) is 0 Å². The summed E-state index contributed by atoms with van der Waals surface area (Å²) in [6.45, 7) is 3.76. The van der Waals surface area contributed by atoms with Gasteiger partial charge < -0.3 is 4.90 Å². The Hall–Kier alpha value is -1.55. The fraction of sp³-hybridized carbons (Fsp3) is 0.364. The third kappa shape index (κ3) is 3.25. The van der Waals surface area contributed by atoms with Gasteiger partial charge in [0.05, 0.1) is 0 Å². The fourth-order valence-corrected chi connectivity index (χ4v) is 1.44. The summed E-state index contributed by atoms with van der Waals surface area (Å²) < 4.78 is 0. The Morgan fingerprint density at radius 1 is 1.40 bits per heavy atom. The number of hydrazine groups is 1. The first-order chi connectivity index (χ1) is 7.31. The van der Waals surface area contributed by atoms with E-state index < -0.39 is 0 Å². The van der Waals surface area contributed by atoms with Crippen LogP contribution in [-0.4, -0.2) is 24.5 Å². The van der Waals surface area contributed by atoms with E-state index in [2.05, 4.69) is 34.4 Å². The van der Waals surface area contributed by atoms with E-state index in [1.807, 2.05) is 18.2 Å². The van der Waals surface area contributed by atoms with Gasteiger partial charge in [-0.1, -0.05) is 30.3 Å². The number of guanidine groups is 1. The average molecular weight is 206 g/mol. The van der Waals surface area contributed by atoms with Crippen LogP contribution in [-0.2, 0) is 6.54 Å². The van der Waals surface area contributed by atoms with Gasteiger partial charge in [0.15, 0.2) is 0 Å². The van der Waals surface area contributed by atoms with Crippen LogP contribution in [0.4, 0.5) is 0 Å². The minimum atomic E-state index is 0.710. The lowest BCUT2D eigenvalue weighted by Gasteiger charge is -2.23. The van der Waals surface area contributed by atoms with Gasteiger partial charge in [0, 0.05) is 20.1 Å². The molecule has 1 rings (SSSR count). The normalized spacial score (nSPS) is 11.3. The van der Waals surface area contributed by atoms with Crippen LogP contribution >= 0.6 is 0 Å². The molecular weight excluding hydrogens is 188 g/mol. The molecule has 0 aliphatic heterocycles. The summed E-state index contributed by atoms with van der Waals surface area (Å²) in [5.41, 5.74) is 3.84. The predicted octanol–water partition coefficient (Wildman–Crippen LogP) is 0.958. The van der Waals surface area contributed by atoms with Crippen LogP contribution in [0.25, 0.3) is 0 Å². The Bertz CT molecular complexity index is 308. The topological polar surface area (TPSA) is 53.6 Å². The molecule has 0 saturated heterocycles. The predicted molar refractivity (Wildman–Crippen MR) is 63.2 cm³/mol. The first-order valence-electron chi connectivity index (χ1n) is 5.04. The summed E-state index contributed by atoms with van der Waals surface area (Å²) in [6, 6.07) is 10.2. The van der Waals surface area contributed by atoms with Crippen LogP contribution in [0.5, 0.6) is 0 Å². The number of hydrogen-bond acceptors (Lipinski definition) is 2. The van der Waals surface area contributed by atoms with Crippen molar-refractivity contribution in [3.8, 4) is 0 Å². The minimum Gasteiger partial charge on any atom is -0.338 e. The zero-order valence-corrected chi connectivity index (χ0v) is 9.27. The van der Waals surface area contributed by atoms with Crippen molar-refractivity contribution in [2.75, 3.05) is 13.6 Å². The van der Waals surface area contributed by atoms with E-state index in [4.69, 9.17) is 5.84 Å². The lowest BCUT2D eigenvalue weighted by molar-refractivity contribution is 0.418. The quantitative estimate of drug-likeness (QED) is 0.335. The van der Waals surface area contributed by atoms with Gasteiger partial charge >= 0.3 is 0 Å². The van der Waals surface area contributed by atoms with Crippen molar-refractivity contribution in [3.05, 3.63) is 35.9 Å². The lowest BCUT2D eigenvalue weighted by Crippen LogP contribution is -2.44. The third-order valence-corrected chi connectivity index (χ3v) is 2.24. The molecule has 3 N–H and O–H groups in total. The van der Waals surface area contributed by atoms with Crippen molar-refractivity contribution in [2.24, 2.45) is 10.8 Å². The summed E-state index contributed by atoms with van der Waals surface area (Å²) in [4.78, 5) is 6.16. The van der Waals surface area contributed by atoms with Gasteiger partial charge in [-0.2, -0.15) is 0 Å². The second-order valence-corrected chi connectivity index (χ2v) is 3.19. The number of nitrogens with two attached hydrogens (primary N) is 1. The summed E-state index contributed by atoms with van der Waals surface area (Å²) in [7, 11) is 1.73. The molecule has 82 valence electrons. The highest BCUT2D eigenvalue weighted by Gasteiger charge is 2.07. The monoisotopic (exact) mass is 206 g/mol. The molecule has 0 atom stereocenters. The zero-order valence-electron chi connectivity index (χ0n) is 9.27. The van der Waals surface area contributed by atoms with Crippen molar-refractivity contribution in [1.82, 2.24) is 10.3 Å². The second kappa shape index (κ2) is 6.03. The molecule has 1 aromatic rings. The zero-order chi connectivity index (χ0) is 11.1. The highest BCUT2D eigenvalue weighted by atomic mass is 15.4. The Morgan fingerprint density at radius 2 is 2.07 bits per heavy atom. The minimum absolute atomic E-state index is 0.710. The maximum absolute atomic E-state index is 5.39. The molecule has 0 saturated carbocycles. The summed E-state index contributed by atoms with van der Waals surface area (Å²) in [5, 5.41) is 0. The van der Waals surface area contributed by atoms with E-state index in [1.54, 1.807) is 7.05 Å². The Morgan fingerprint density at radius 3 is 2.53 bits per heavy atom. The maximum Gasteiger partial charge on any atom is 0.208 e. The van der Waals surface area contributed by atoms with Crippen LogP contribution in [0, 0.1) is 0 Å². The van der Waals surface area contributed by atoms with E-state index in [1.165, 1.54) is 5.56 Å². The van der Waals surface area contributed by atoms with Gasteiger partial charge in [0.1, 0.15) is 0 Å². The molecule has 0 aromatic heterocycles. The SMILES string of the molecule is CCN(Cc1ccccc1)C(=NC)NN. The van der Waals surface area contributed by atoms with Gasteiger partial charge in [-0.15, -0.1) is 0 Å². The van der Waals surface area contributed by atoms with E-state index in [-0.39, 0.29) is 0 Å². The van der Waals surface area contributed by atoms with Crippen LogP contribution < -0.4 is 11.3 Å². The first kappa shape index (κ1) is 11.5. The maximum atomic E-state index is 5.39. The molecular formula is C11H18N4. The van der Waals surface area contributed by atoms with Crippen LogP contribution in [0.1, 0.15) is 12.5 Å². The van der Waals surface area contributed by atoms with Crippen molar-refractivity contribution in [3.63, 3.8) is 0 Å². The van der Waals surface area contributed by atoms with Crippen LogP contribution in [0.3, 0.4) is 0 Å². The van der Waals surface area contributed by atoms with Crippen molar-refractivity contribution >= 4 is 5.96 Å². The molecule has 0 spiro atoms. The highest BCUT2D eigenvalue weighted by molar-refractivity contribution is 5.79. The molecule has 4 nitrogen and oxygen atoms in total. The molecule has 0 aliphatic carbocycles. The van der Waals surface area contributed by atoms with Crippen molar-refractivity contribution in [1.29, 1.82) is 0 Å². The van der Waals surface area contributed by atoms with E-state index in [0.717, 1.165) is 13.1 Å². The van der Waals surface area contributed by atoms with Gasteiger partial charge in [-0.25, -0.2) is 5.84 Å². The molecule has 0 fully saturated rings. The van der Waals surface area contributed by atoms with Gasteiger partial charge in [-0.3, -0.25) is 10.4 Å². The Kier molecular flexibility index (Phi) is 4.63. The standard InChI is InChI=1S/C11H18N4/c1-3-15(11(13-2)14-12)9-10-7-5-4-6-8-10/h4-8H,3,9,12H2,1-2H3,(H,13,14). The average Bonchev–Trinajstić information content (AvgIpc) is 2.30. The number of hydrogen-bond donors (Lipinski definition) is 2. The number of benzene rings is 1. The number of aliphatic imine (C=N–C) groups is 1. The molecule has 0 bridgehead atoms. The Balaban J connectivity index is 2.70. The molecule has 0 unspecified atom stereocenters. The second-order valence-electron chi connectivity index (χ2n) is 3.19. The van der Waals surface area contributed by atoms with Crippen molar-refractivity contribution in [2.45, 2.75) is 13.5 Å². The first-order valence-corrected chi connectivity index (χ1v) is 5.04. The molecule has 0 aliphatic rings. The highest BCUT2D eigenvalue weighted by Crippen LogP contribution is 2.03. The van der Waals surface area contributed by atoms with Crippen LogP contribution in [0.2, 0.25) is 0 Å². The fourth-order valence-electron chi connectivity index (χ4n) is 1.44. The van der Waals surface area contributed by atoms with Crippen molar-refractivity contribution < 1.29 is 0 Å². The number of nitrogens with zero attached hydrogens (tertiary/aromatic N) is 2. The molecule has 1 aromatic carbocycles. The molecule has 0 amide bonds. The van der Waals surface area contributed by atoms with E-state index >= 15 is 0 Å².